The van der Waals surface area contributed by atoms with Gasteiger partial charge in [0, 0.05) is 0 Å². The van der Waals surface area contributed by atoms with E-state index in [2.05, 4.69) is 22.1 Å². The molecule has 0 saturated carbocycles. The summed E-state index contributed by atoms with van der Waals surface area (Å²) in [6, 6.07) is 0. The Balaban J connectivity index is 2.43. The van der Waals surface area contributed by atoms with Crippen LogP contribution in [0, 0.1) is 25.7 Å². The zero-order chi connectivity index (χ0) is 13.8. The molecule has 0 aliphatic carbocycles. The van der Waals surface area contributed by atoms with Gasteiger partial charge >= 0.3 is 6.09 Å². The molecule has 1 N–H and O–H groups in total. The van der Waals surface area contributed by atoms with Gasteiger partial charge in [-0.1, -0.05) is 11.8 Å². The number of carbonyl (C=O) groups excluding carboxylic acids is 1. The first-order chi connectivity index (χ1) is 8.28. The molecule has 1 aromatic rings. The Morgan fingerprint density at radius 2 is 2.11 bits per heavy atom. The number of hydrogen-bond acceptors (Lipinski definition) is 4. The van der Waals surface area contributed by atoms with E-state index < -0.39 is 11.7 Å². The van der Waals surface area contributed by atoms with Crippen molar-refractivity contribution in [1.29, 1.82) is 0 Å². The van der Waals surface area contributed by atoms with E-state index in [1.165, 1.54) is 0 Å². The first-order valence-electron chi connectivity index (χ1n) is 5.67. The molecule has 0 spiro atoms. The molecule has 0 aliphatic rings. The van der Waals surface area contributed by atoms with Gasteiger partial charge < -0.3 is 10.1 Å². The van der Waals surface area contributed by atoms with Crippen molar-refractivity contribution in [3.8, 4) is 11.8 Å². The van der Waals surface area contributed by atoms with E-state index >= 15 is 0 Å². The topological polar surface area (TPSA) is 51.2 Å². The average Bonchev–Trinajstić information content (AvgIpc) is 2.49. The summed E-state index contributed by atoms with van der Waals surface area (Å²) in [5, 5.41) is 3.58. The second kappa shape index (κ2) is 5.87. The van der Waals surface area contributed by atoms with Gasteiger partial charge in [0.1, 0.15) is 5.60 Å². The van der Waals surface area contributed by atoms with Crippen LogP contribution < -0.4 is 5.32 Å². The Labute approximate surface area is 112 Å². The van der Waals surface area contributed by atoms with Crippen molar-refractivity contribution < 1.29 is 9.53 Å². The Bertz CT molecular complexity index is 489. The Kier molecular flexibility index (Phi) is 4.74. The Hall–Kier alpha value is -1.54. The molecule has 0 fully saturated rings. The number of thiazole rings is 1. The van der Waals surface area contributed by atoms with Crippen LogP contribution in [0.2, 0.25) is 0 Å². The minimum Gasteiger partial charge on any atom is -0.444 e. The summed E-state index contributed by atoms with van der Waals surface area (Å²) in [5.74, 6) is 5.87. The average molecular weight is 266 g/mol. The van der Waals surface area contributed by atoms with E-state index in [-0.39, 0.29) is 6.54 Å². The van der Waals surface area contributed by atoms with Gasteiger partial charge in [-0.2, -0.15) is 0 Å². The summed E-state index contributed by atoms with van der Waals surface area (Å²) >= 11 is 1.55. The molecule has 0 aliphatic heterocycles. The minimum atomic E-state index is -0.483. The molecular formula is C13H18N2O2S. The fraction of sp³-hybridized carbons (Fsp3) is 0.538. The van der Waals surface area contributed by atoms with Gasteiger partial charge in [-0.15, -0.1) is 11.3 Å². The lowest BCUT2D eigenvalue weighted by atomic mass is 10.2. The molecular weight excluding hydrogens is 248 g/mol. The fourth-order valence-corrected chi connectivity index (χ4v) is 2.00. The molecule has 5 heteroatoms. The smallest absolute Gasteiger partial charge is 0.408 e. The van der Waals surface area contributed by atoms with Gasteiger partial charge in [0.05, 0.1) is 22.1 Å². The summed E-state index contributed by atoms with van der Waals surface area (Å²) in [5.41, 5.74) is 0.449. The Morgan fingerprint density at radius 1 is 1.44 bits per heavy atom. The highest BCUT2D eigenvalue weighted by Crippen LogP contribution is 2.15. The van der Waals surface area contributed by atoms with Crippen LogP contribution in [0.1, 0.15) is 36.3 Å². The lowest BCUT2D eigenvalue weighted by Gasteiger charge is -2.18. The van der Waals surface area contributed by atoms with Crippen molar-refractivity contribution in [1.82, 2.24) is 10.3 Å². The highest BCUT2D eigenvalue weighted by molar-refractivity contribution is 7.12. The van der Waals surface area contributed by atoms with Gasteiger partial charge in [-0.3, -0.25) is 0 Å². The lowest BCUT2D eigenvalue weighted by Crippen LogP contribution is -2.32. The normalized spacial score (nSPS) is 10.5. The molecule has 1 aromatic heterocycles. The summed E-state index contributed by atoms with van der Waals surface area (Å²) < 4.78 is 5.09. The van der Waals surface area contributed by atoms with E-state index in [9.17, 15) is 4.79 Å². The van der Waals surface area contributed by atoms with Crippen LogP contribution in [0.25, 0.3) is 0 Å². The highest BCUT2D eigenvalue weighted by atomic mass is 32.1. The first-order valence-corrected chi connectivity index (χ1v) is 6.49. The zero-order valence-electron chi connectivity index (χ0n) is 11.4. The number of alkyl carbamates (subject to hydrolysis) is 1. The predicted molar refractivity (Wildman–Crippen MR) is 72.7 cm³/mol. The molecule has 0 unspecified atom stereocenters. The molecule has 98 valence electrons. The maximum atomic E-state index is 11.3. The van der Waals surface area contributed by atoms with E-state index in [1.807, 2.05) is 34.6 Å². The van der Waals surface area contributed by atoms with E-state index in [4.69, 9.17) is 4.74 Å². The van der Waals surface area contributed by atoms with Gasteiger partial charge in [0.2, 0.25) is 0 Å². The molecule has 4 nitrogen and oxygen atoms in total. The van der Waals surface area contributed by atoms with Crippen LogP contribution in [-0.4, -0.2) is 23.2 Å². The third-order valence-corrected chi connectivity index (χ3v) is 2.81. The van der Waals surface area contributed by atoms with Gasteiger partial charge in [-0.05, 0) is 34.6 Å². The third-order valence-electron chi connectivity index (χ3n) is 1.83. The van der Waals surface area contributed by atoms with Gasteiger partial charge in [0.25, 0.3) is 0 Å². The fourth-order valence-electron chi connectivity index (χ4n) is 1.20. The van der Waals surface area contributed by atoms with E-state index in [0.717, 1.165) is 15.6 Å². The lowest BCUT2D eigenvalue weighted by molar-refractivity contribution is 0.0535. The van der Waals surface area contributed by atoms with Crippen molar-refractivity contribution in [3.05, 3.63) is 15.6 Å². The zero-order valence-corrected chi connectivity index (χ0v) is 12.2. The molecule has 0 radical (unpaired) electrons. The Morgan fingerprint density at radius 3 is 2.61 bits per heavy atom. The number of aryl methyl sites for hydroxylation is 2. The van der Waals surface area contributed by atoms with Gasteiger partial charge in [-0.25, -0.2) is 9.78 Å². The standard InChI is InChI=1S/C13H18N2O2S/c1-9-11(18-10(2)15-9)7-6-8-14-12(16)17-13(3,4)5/h8H2,1-5H3,(H,14,16). The molecule has 0 aromatic carbocycles. The monoisotopic (exact) mass is 266 g/mol. The highest BCUT2D eigenvalue weighted by Gasteiger charge is 2.14. The molecule has 0 saturated heterocycles. The number of nitrogens with one attached hydrogen (secondary N) is 1. The number of nitrogens with zero attached hydrogens (tertiary/aromatic N) is 1. The predicted octanol–water partition coefficient (Wildman–Crippen LogP) is 2.64. The van der Waals surface area contributed by atoms with Crippen LogP contribution in [0.4, 0.5) is 4.79 Å². The van der Waals surface area contributed by atoms with Crippen LogP contribution in [0.5, 0.6) is 0 Å². The largest absolute Gasteiger partial charge is 0.444 e. The summed E-state index contributed by atoms with van der Waals surface area (Å²) in [6.07, 6.45) is -0.450. The minimum absolute atomic E-state index is 0.269. The van der Waals surface area contributed by atoms with Crippen molar-refractivity contribution in [2.24, 2.45) is 0 Å². The molecule has 18 heavy (non-hydrogen) atoms. The van der Waals surface area contributed by atoms with Crippen molar-refractivity contribution in [2.45, 2.75) is 40.2 Å². The molecule has 0 bridgehead atoms. The molecule has 1 heterocycles. The van der Waals surface area contributed by atoms with Crippen LogP contribution in [0.15, 0.2) is 0 Å². The van der Waals surface area contributed by atoms with Crippen molar-refractivity contribution in [3.63, 3.8) is 0 Å². The molecule has 0 atom stereocenters. The SMILES string of the molecule is Cc1nc(C)c(C#CCNC(=O)OC(C)(C)C)s1. The summed E-state index contributed by atoms with van der Waals surface area (Å²) in [4.78, 5) is 16.6. The van der Waals surface area contributed by atoms with E-state index in [1.54, 1.807) is 11.3 Å². The van der Waals surface area contributed by atoms with Crippen LogP contribution in [0.3, 0.4) is 0 Å². The van der Waals surface area contributed by atoms with Crippen LogP contribution in [-0.2, 0) is 4.74 Å². The number of aromatic nitrogens is 1. The number of ether oxygens (including phenoxy) is 1. The first kappa shape index (κ1) is 14.5. The van der Waals surface area contributed by atoms with Crippen molar-refractivity contribution in [2.75, 3.05) is 6.54 Å². The van der Waals surface area contributed by atoms with Crippen LogP contribution >= 0.6 is 11.3 Å². The maximum absolute atomic E-state index is 11.3. The number of hydrogen-bond donors (Lipinski definition) is 1. The van der Waals surface area contributed by atoms with Crippen molar-refractivity contribution >= 4 is 17.4 Å². The number of carbonyl (C=O) groups is 1. The summed E-state index contributed by atoms with van der Waals surface area (Å²) in [6.45, 7) is 9.60. The van der Waals surface area contributed by atoms with Gasteiger partial charge in [0.15, 0.2) is 0 Å². The number of rotatable bonds is 1. The van der Waals surface area contributed by atoms with E-state index in [0.29, 0.717) is 0 Å². The number of amides is 1. The second-order valence-electron chi connectivity index (χ2n) is 4.80. The third kappa shape index (κ3) is 5.19. The summed E-state index contributed by atoms with van der Waals surface area (Å²) in [7, 11) is 0. The molecule has 1 rings (SSSR count). The second-order valence-corrected chi connectivity index (χ2v) is 6.01. The molecule has 1 amide bonds. The maximum Gasteiger partial charge on any atom is 0.408 e. The quantitative estimate of drug-likeness (QED) is 0.795.